The van der Waals surface area contributed by atoms with E-state index in [1.54, 1.807) is 7.11 Å². The number of hydrogen-bond acceptors (Lipinski definition) is 5. The molecule has 0 saturated carbocycles. The lowest BCUT2D eigenvalue weighted by molar-refractivity contribution is 0.170. The number of aliphatic hydroxyl groups excluding tert-OH is 1. The number of aliphatic hydroxyl groups is 1. The first-order valence-electron chi connectivity index (χ1n) is 6.95. The Morgan fingerprint density at radius 2 is 2.10 bits per heavy atom. The number of hydrogen-bond donors (Lipinski definition) is 1. The van der Waals surface area contributed by atoms with Crippen LogP contribution in [-0.2, 0) is 6.42 Å². The number of nitrogens with zero attached hydrogens (tertiary/aromatic N) is 1. The lowest BCUT2D eigenvalue weighted by Crippen LogP contribution is -2.36. The maximum atomic E-state index is 10.5. The molecule has 1 aliphatic rings. The van der Waals surface area contributed by atoms with Gasteiger partial charge in [0.15, 0.2) is 0 Å². The standard InChI is InChI=1S/C15H23NO2S2/c1-9-8-16-12(10(2)14(9)18-4)7-13(17)15-11(3)19-5-6-20-15/h8,11,13,15,17H,5-7H2,1-4H3. The number of rotatable bonds is 4. The van der Waals surface area contributed by atoms with Gasteiger partial charge in [-0.15, -0.1) is 0 Å². The van der Waals surface area contributed by atoms with Crippen LogP contribution in [0.15, 0.2) is 6.20 Å². The molecule has 1 aromatic heterocycles. The molecule has 0 amide bonds. The van der Waals surface area contributed by atoms with Gasteiger partial charge in [0.05, 0.1) is 13.2 Å². The number of pyridine rings is 1. The molecule has 1 saturated heterocycles. The summed E-state index contributed by atoms with van der Waals surface area (Å²) in [5, 5.41) is 11.3. The van der Waals surface area contributed by atoms with Crippen LogP contribution in [0.25, 0.3) is 0 Å². The van der Waals surface area contributed by atoms with Crippen LogP contribution in [0.1, 0.15) is 23.7 Å². The Balaban J connectivity index is 2.13. The number of aromatic nitrogens is 1. The first-order chi connectivity index (χ1) is 9.54. The molecule has 1 fully saturated rings. The van der Waals surface area contributed by atoms with Gasteiger partial charge in [-0.1, -0.05) is 6.92 Å². The van der Waals surface area contributed by atoms with E-state index >= 15 is 0 Å². The second-order valence-electron chi connectivity index (χ2n) is 5.23. The van der Waals surface area contributed by atoms with Crippen molar-refractivity contribution in [2.24, 2.45) is 0 Å². The third-order valence-corrected chi connectivity index (χ3v) is 7.01. The smallest absolute Gasteiger partial charge is 0.128 e. The van der Waals surface area contributed by atoms with Crippen molar-refractivity contribution in [1.82, 2.24) is 4.98 Å². The molecule has 1 aliphatic heterocycles. The largest absolute Gasteiger partial charge is 0.496 e. The average Bonchev–Trinajstić information content (AvgIpc) is 2.43. The van der Waals surface area contributed by atoms with Crippen LogP contribution in [0.2, 0.25) is 0 Å². The summed E-state index contributed by atoms with van der Waals surface area (Å²) in [6.45, 7) is 6.22. The van der Waals surface area contributed by atoms with Crippen LogP contribution in [0.3, 0.4) is 0 Å². The molecule has 0 aliphatic carbocycles. The van der Waals surface area contributed by atoms with E-state index in [1.807, 2.05) is 43.6 Å². The Morgan fingerprint density at radius 1 is 1.40 bits per heavy atom. The quantitative estimate of drug-likeness (QED) is 0.926. The van der Waals surface area contributed by atoms with Gasteiger partial charge in [-0.05, 0) is 13.8 Å². The van der Waals surface area contributed by atoms with Crippen molar-refractivity contribution < 1.29 is 9.84 Å². The predicted octanol–water partition coefficient (Wildman–Crippen LogP) is 2.85. The number of thioether (sulfide) groups is 2. The van der Waals surface area contributed by atoms with E-state index in [0.717, 1.165) is 28.3 Å². The molecule has 2 heterocycles. The molecular weight excluding hydrogens is 290 g/mol. The molecule has 5 heteroatoms. The number of methoxy groups -OCH3 is 1. The van der Waals surface area contributed by atoms with Crippen LogP contribution in [0.4, 0.5) is 0 Å². The van der Waals surface area contributed by atoms with Gasteiger partial charge in [-0.2, -0.15) is 23.5 Å². The van der Waals surface area contributed by atoms with E-state index in [9.17, 15) is 5.11 Å². The highest BCUT2D eigenvalue weighted by atomic mass is 32.2. The highest BCUT2D eigenvalue weighted by Crippen LogP contribution is 2.34. The molecule has 0 spiro atoms. The van der Waals surface area contributed by atoms with Gasteiger partial charge in [0.2, 0.25) is 0 Å². The van der Waals surface area contributed by atoms with Crippen molar-refractivity contribution in [2.45, 2.75) is 43.8 Å². The zero-order chi connectivity index (χ0) is 14.7. The summed E-state index contributed by atoms with van der Waals surface area (Å²) in [6.07, 6.45) is 2.09. The number of aryl methyl sites for hydroxylation is 1. The molecule has 0 aromatic carbocycles. The summed E-state index contributed by atoms with van der Waals surface area (Å²) in [5.41, 5.74) is 3.04. The molecule has 2 rings (SSSR count). The fourth-order valence-corrected chi connectivity index (χ4v) is 5.51. The van der Waals surface area contributed by atoms with Crippen LogP contribution >= 0.6 is 23.5 Å². The van der Waals surface area contributed by atoms with Crippen molar-refractivity contribution >= 4 is 23.5 Å². The summed E-state index contributed by atoms with van der Waals surface area (Å²) < 4.78 is 5.43. The molecule has 3 unspecified atom stereocenters. The zero-order valence-electron chi connectivity index (χ0n) is 12.5. The SMILES string of the molecule is COc1c(C)cnc(CC(O)C2SCCSC2C)c1C. The van der Waals surface area contributed by atoms with Gasteiger partial charge in [0.1, 0.15) is 5.75 Å². The summed E-state index contributed by atoms with van der Waals surface area (Å²) in [7, 11) is 1.69. The van der Waals surface area contributed by atoms with E-state index in [4.69, 9.17) is 4.74 Å². The minimum absolute atomic E-state index is 0.294. The highest BCUT2D eigenvalue weighted by Gasteiger charge is 2.30. The lowest BCUT2D eigenvalue weighted by Gasteiger charge is -2.31. The van der Waals surface area contributed by atoms with Crippen LogP contribution in [-0.4, -0.2) is 45.3 Å². The van der Waals surface area contributed by atoms with Crippen molar-refractivity contribution in [2.75, 3.05) is 18.6 Å². The Morgan fingerprint density at radius 3 is 2.75 bits per heavy atom. The number of ether oxygens (including phenoxy) is 1. The highest BCUT2D eigenvalue weighted by molar-refractivity contribution is 8.07. The topological polar surface area (TPSA) is 42.4 Å². The van der Waals surface area contributed by atoms with Crippen LogP contribution in [0, 0.1) is 13.8 Å². The van der Waals surface area contributed by atoms with Crippen molar-refractivity contribution in [3.05, 3.63) is 23.0 Å². The van der Waals surface area contributed by atoms with Crippen molar-refractivity contribution in [3.63, 3.8) is 0 Å². The minimum Gasteiger partial charge on any atom is -0.496 e. The van der Waals surface area contributed by atoms with E-state index in [2.05, 4.69) is 11.9 Å². The second-order valence-corrected chi connectivity index (χ2v) is 8.00. The van der Waals surface area contributed by atoms with Gasteiger partial charge in [-0.3, -0.25) is 4.98 Å². The zero-order valence-corrected chi connectivity index (χ0v) is 14.2. The second kappa shape index (κ2) is 7.05. The Labute approximate surface area is 129 Å². The van der Waals surface area contributed by atoms with Crippen molar-refractivity contribution in [1.29, 1.82) is 0 Å². The normalized spacial score (nSPS) is 24.4. The molecule has 1 N–H and O–H groups in total. The molecule has 1 aromatic rings. The summed E-state index contributed by atoms with van der Waals surface area (Å²) in [6, 6.07) is 0. The summed E-state index contributed by atoms with van der Waals surface area (Å²) >= 11 is 3.84. The monoisotopic (exact) mass is 313 g/mol. The molecule has 20 heavy (non-hydrogen) atoms. The molecule has 112 valence electrons. The first-order valence-corrected chi connectivity index (χ1v) is 9.04. The van der Waals surface area contributed by atoms with Crippen molar-refractivity contribution in [3.8, 4) is 5.75 Å². The molecule has 3 nitrogen and oxygen atoms in total. The maximum Gasteiger partial charge on any atom is 0.128 e. The fourth-order valence-electron chi connectivity index (χ4n) is 2.66. The Bertz CT molecular complexity index is 467. The summed E-state index contributed by atoms with van der Waals surface area (Å²) in [5.74, 6) is 3.20. The Hall–Kier alpha value is -0.390. The fraction of sp³-hybridized carbons (Fsp3) is 0.667. The maximum absolute atomic E-state index is 10.5. The van der Waals surface area contributed by atoms with E-state index in [-0.39, 0.29) is 6.10 Å². The van der Waals surface area contributed by atoms with E-state index in [0.29, 0.717) is 16.9 Å². The third kappa shape index (κ3) is 3.43. The first kappa shape index (κ1) is 16.0. The van der Waals surface area contributed by atoms with Crippen LogP contribution < -0.4 is 4.74 Å². The van der Waals surface area contributed by atoms with Gasteiger partial charge in [-0.25, -0.2) is 0 Å². The molecule has 0 bridgehead atoms. The van der Waals surface area contributed by atoms with Gasteiger partial charge >= 0.3 is 0 Å². The molecular formula is C15H23NO2S2. The van der Waals surface area contributed by atoms with Gasteiger partial charge < -0.3 is 9.84 Å². The lowest BCUT2D eigenvalue weighted by atomic mass is 10.0. The summed E-state index contributed by atoms with van der Waals surface area (Å²) in [4.78, 5) is 4.49. The minimum atomic E-state index is -0.346. The van der Waals surface area contributed by atoms with Gasteiger partial charge in [0, 0.05) is 51.4 Å². The van der Waals surface area contributed by atoms with Gasteiger partial charge in [0.25, 0.3) is 0 Å². The van der Waals surface area contributed by atoms with E-state index < -0.39 is 0 Å². The Kier molecular flexibility index (Phi) is 5.64. The predicted molar refractivity (Wildman–Crippen MR) is 88.1 cm³/mol. The molecule has 3 atom stereocenters. The average molecular weight is 313 g/mol. The van der Waals surface area contributed by atoms with E-state index in [1.165, 1.54) is 5.75 Å². The van der Waals surface area contributed by atoms with Crippen LogP contribution in [0.5, 0.6) is 5.75 Å². The third-order valence-electron chi connectivity index (χ3n) is 3.77. The molecule has 0 radical (unpaired) electrons.